The van der Waals surface area contributed by atoms with Gasteiger partial charge >= 0.3 is 0 Å². The summed E-state index contributed by atoms with van der Waals surface area (Å²) in [4.78, 5) is 8.89. The first-order chi connectivity index (χ1) is 8.66. The molecule has 18 heavy (non-hydrogen) atoms. The number of rotatable bonds is 1. The van der Waals surface area contributed by atoms with Gasteiger partial charge in [0.1, 0.15) is 5.15 Å². The van der Waals surface area contributed by atoms with Gasteiger partial charge in [-0.2, -0.15) is 0 Å². The second kappa shape index (κ2) is 4.21. The highest BCUT2D eigenvalue weighted by Crippen LogP contribution is 2.29. The van der Waals surface area contributed by atoms with Crippen LogP contribution in [-0.4, -0.2) is 9.97 Å². The van der Waals surface area contributed by atoms with Crippen LogP contribution >= 0.6 is 11.6 Å². The van der Waals surface area contributed by atoms with E-state index in [0.29, 0.717) is 11.1 Å². The van der Waals surface area contributed by atoms with Gasteiger partial charge in [0.2, 0.25) is 0 Å². The maximum absolute atomic E-state index is 6.27. The lowest BCUT2D eigenvalue weighted by Gasteiger charge is -2.10. The molecule has 0 fully saturated rings. The maximum Gasteiger partial charge on any atom is 0.133 e. The van der Waals surface area contributed by atoms with E-state index in [1.54, 1.807) is 6.20 Å². The minimum Gasteiger partial charge on any atom is -0.256 e. The molecule has 2 aromatic heterocycles. The van der Waals surface area contributed by atoms with Crippen molar-refractivity contribution in [2.75, 3.05) is 0 Å². The zero-order valence-electron chi connectivity index (χ0n) is 10.3. The number of aromatic nitrogens is 2. The summed E-state index contributed by atoms with van der Waals surface area (Å²) in [6, 6.07) is 10.2. The number of benzene rings is 1. The number of pyridine rings is 2. The quantitative estimate of drug-likeness (QED) is 0.471. The highest BCUT2D eigenvalue weighted by Gasteiger charge is 2.10. The predicted octanol–water partition coefficient (Wildman–Crippen LogP) is 4.56. The van der Waals surface area contributed by atoms with E-state index in [9.17, 15) is 0 Å². The third-order valence-electron chi connectivity index (χ3n) is 3.17. The Bertz CT molecular complexity index is 735. The fraction of sp³-hybridized carbons (Fsp3) is 0.200. The van der Waals surface area contributed by atoms with Crippen LogP contribution in [0.25, 0.3) is 21.8 Å². The minimum atomic E-state index is 0.374. The summed E-state index contributed by atoms with van der Waals surface area (Å²) in [6.07, 6.45) is 1.79. The van der Waals surface area contributed by atoms with Crippen LogP contribution < -0.4 is 0 Å². The average molecular weight is 257 g/mol. The summed E-state index contributed by atoms with van der Waals surface area (Å²) < 4.78 is 0. The Morgan fingerprint density at radius 3 is 2.78 bits per heavy atom. The Morgan fingerprint density at radius 2 is 2.00 bits per heavy atom. The molecule has 2 heterocycles. The molecular weight excluding hydrogens is 244 g/mol. The number of hydrogen-bond donors (Lipinski definition) is 0. The molecule has 0 aliphatic rings. The molecule has 0 spiro atoms. The topological polar surface area (TPSA) is 25.8 Å². The smallest absolute Gasteiger partial charge is 0.133 e. The largest absolute Gasteiger partial charge is 0.256 e. The lowest BCUT2D eigenvalue weighted by Crippen LogP contribution is -1.93. The van der Waals surface area contributed by atoms with Gasteiger partial charge in [0.05, 0.1) is 11.0 Å². The van der Waals surface area contributed by atoms with Crippen molar-refractivity contribution in [3.63, 3.8) is 0 Å². The van der Waals surface area contributed by atoms with E-state index in [1.807, 2.05) is 18.2 Å². The lowest BCUT2D eigenvalue weighted by atomic mass is 10.0. The molecule has 3 rings (SSSR count). The summed E-state index contributed by atoms with van der Waals surface area (Å²) in [7, 11) is 0. The molecule has 3 heteroatoms. The SMILES string of the molecule is CC(C)c1cc2ccc3ncccc3c2nc1Cl. The zero-order chi connectivity index (χ0) is 12.7. The van der Waals surface area contributed by atoms with Gasteiger partial charge < -0.3 is 0 Å². The second-order valence-electron chi connectivity index (χ2n) is 4.73. The first-order valence-electron chi connectivity index (χ1n) is 6.00. The van der Waals surface area contributed by atoms with Crippen LogP contribution in [0.5, 0.6) is 0 Å². The van der Waals surface area contributed by atoms with E-state index in [2.05, 4.69) is 35.9 Å². The Hall–Kier alpha value is -1.67. The van der Waals surface area contributed by atoms with Crippen molar-refractivity contribution in [3.8, 4) is 0 Å². The van der Waals surface area contributed by atoms with Crippen LogP contribution in [-0.2, 0) is 0 Å². The first kappa shape index (κ1) is 11.4. The standard InChI is InChI=1S/C15H13ClN2/c1-9(2)12-8-10-5-6-13-11(4-3-7-17-13)14(10)18-15(12)16/h3-9H,1-2H3. The van der Waals surface area contributed by atoms with Gasteiger partial charge in [0.25, 0.3) is 0 Å². The molecule has 0 aliphatic heterocycles. The number of halogens is 1. The second-order valence-corrected chi connectivity index (χ2v) is 5.09. The Kier molecular flexibility index (Phi) is 2.67. The van der Waals surface area contributed by atoms with Gasteiger partial charge in [0.15, 0.2) is 0 Å². The summed E-state index contributed by atoms with van der Waals surface area (Å²) in [5.41, 5.74) is 2.97. The van der Waals surface area contributed by atoms with E-state index < -0.39 is 0 Å². The van der Waals surface area contributed by atoms with Gasteiger partial charge in [-0.15, -0.1) is 0 Å². The number of hydrogen-bond acceptors (Lipinski definition) is 2. The van der Waals surface area contributed by atoms with Crippen LogP contribution in [0.15, 0.2) is 36.5 Å². The Balaban J connectivity index is 2.42. The summed E-state index contributed by atoms with van der Waals surface area (Å²) in [5, 5.41) is 2.75. The zero-order valence-corrected chi connectivity index (χ0v) is 11.1. The molecule has 2 nitrogen and oxygen atoms in total. The van der Waals surface area contributed by atoms with Crippen molar-refractivity contribution >= 4 is 33.4 Å². The lowest BCUT2D eigenvalue weighted by molar-refractivity contribution is 0.862. The van der Waals surface area contributed by atoms with Crippen molar-refractivity contribution in [2.45, 2.75) is 19.8 Å². The molecule has 0 N–H and O–H groups in total. The van der Waals surface area contributed by atoms with E-state index in [1.165, 1.54) is 0 Å². The Labute approximate surface area is 111 Å². The van der Waals surface area contributed by atoms with Crippen LogP contribution in [0.3, 0.4) is 0 Å². The fourth-order valence-corrected chi connectivity index (χ4v) is 2.55. The van der Waals surface area contributed by atoms with Crippen molar-refractivity contribution in [2.24, 2.45) is 0 Å². The maximum atomic E-state index is 6.27. The monoisotopic (exact) mass is 256 g/mol. The van der Waals surface area contributed by atoms with Crippen molar-refractivity contribution in [1.29, 1.82) is 0 Å². The fourth-order valence-electron chi connectivity index (χ4n) is 2.19. The number of nitrogens with zero attached hydrogens (tertiary/aromatic N) is 2. The first-order valence-corrected chi connectivity index (χ1v) is 6.38. The molecule has 0 saturated carbocycles. The van der Waals surface area contributed by atoms with Gasteiger partial charge in [-0.05, 0) is 35.7 Å². The molecule has 0 aliphatic carbocycles. The van der Waals surface area contributed by atoms with E-state index >= 15 is 0 Å². The Morgan fingerprint density at radius 1 is 1.17 bits per heavy atom. The highest BCUT2D eigenvalue weighted by molar-refractivity contribution is 6.31. The highest BCUT2D eigenvalue weighted by atomic mass is 35.5. The minimum absolute atomic E-state index is 0.374. The number of fused-ring (bicyclic) bond motifs is 3. The molecule has 90 valence electrons. The molecule has 0 bridgehead atoms. The van der Waals surface area contributed by atoms with Crippen LogP contribution in [0.2, 0.25) is 5.15 Å². The van der Waals surface area contributed by atoms with Crippen molar-refractivity contribution < 1.29 is 0 Å². The summed E-state index contributed by atoms with van der Waals surface area (Å²) >= 11 is 6.27. The third-order valence-corrected chi connectivity index (χ3v) is 3.47. The van der Waals surface area contributed by atoms with E-state index in [-0.39, 0.29) is 0 Å². The van der Waals surface area contributed by atoms with Crippen LogP contribution in [0.4, 0.5) is 0 Å². The predicted molar refractivity (Wildman–Crippen MR) is 76.1 cm³/mol. The third kappa shape index (κ3) is 1.73. The van der Waals surface area contributed by atoms with Gasteiger partial charge in [0, 0.05) is 17.0 Å². The molecule has 3 aromatic rings. The van der Waals surface area contributed by atoms with Crippen molar-refractivity contribution in [1.82, 2.24) is 9.97 Å². The molecule has 0 amide bonds. The van der Waals surface area contributed by atoms with Gasteiger partial charge in [-0.25, -0.2) is 4.98 Å². The average Bonchev–Trinajstić information content (AvgIpc) is 2.37. The van der Waals surface area contributed by atoms with Gasteiger partial charge in [-0.1, -0.05) is 31.5 Å². The molecule has 1 aromatic carbocycles. The summed E-state index contributed by atoms with van der Waals surface area (Å²) in [6.45, 7) is 4.24. The summed E-state index contributed by atoms with van der Waals surface area (Å²) in [5.74, 6) is 0.374. The molecule has 0 radical (unpaired) electrons. The van der Waals surface area contributed by atoms with Crippen LogP contribution in [0, 0.1) is 0 Å². The molecule has 0 unspecified atom stereocenters. The molecule has 0 saturated heterocycles. The van der Waals surface area contributed by atoms with Gasteiger partial charge in [-0.3, -0.25) is 4.98 Å². The van der Waals surface area contributed by atoms with Crippen molar-refractivity contribution in [3.05, 3.63) is 47.2 Å². The molecule has 0 atom stereocenters. The normalized spacial score (nSPS) is 11.6. The van der Waals surface area contributed by atoms with E-state index in [0.717, 1.165) is 27.4 Å². The van der Waals surface area contributed by atoms with Crippen LogP contribution in [0.1, 0.15) is 25.3 Å². The molecular formula is C15H13ClN2. The van der Waals surface area contributed by atoms with E-state index in [4.69, 9.17) is 11.6 Å².